The van der Waals surface area contributed by atoms with Crippen molar-refractivity contribution >= 4 is 22.8 Å². The molecule has 126 valence electrons. The van der Waals surface area contributed by atoms with Gasteiger partial charge >= 0.3 is 0 Å². The predicted octanol–water partition coefficient (Wildman–Crippen LogP) is 2.63. The average Bonchev–Trinajstić information content (AvgIpc) is 2.98. The Bertz CT molecular complexity index is 800. The maximum Gasteiger partial charge on any atom is 0.222 e. The zero-order chi connectivity index (χ0) is 16.9. The Kier molecular flexibility index (Phi) is 4.96. The number of aliphatic hydroxyl groups is 1. The quantitative estimate of drug-likeness (QED) is 0.621. The molecule has 4 N–H and O–H groups in total. The number of anilines is 2. The van der Waals surface area contributed by atoms with Gasteiger partial charge in [0.05, 0.1) is 18.2 Å². The summed E-state index contributed by atoms with van der Waals surface area (Å²) >= 11 is 0. The first-order valence-electron chi connectivity index (χ1n) is 8.25. The van der Waals surface area contributed by atoms with Crippen LogP contribution >= 0.6 is 0 Å². The number of fused-ring (bicyclic) bond motifs is 1. The van der Waals surface area contributed by atoms with Crippen molar-refractivity contribution in [1.82, 2.24) is 14.5 Å². The number of nitrogens with one attached hydrogen (secondary N) is 1. The second kappa shape index (κ2) is 7.31. The van der Waals surface area contributed by atoms with Crippen LogP contribution in [0.2, 0.25) is 0 Å². The van der Waals surface area contributed by atoms with E-state index in [4.69, 9.17) is 5.73 Å². The molecule has 1 unspecified atom stereocenters. The molecule has 0 spiro atoms. The van der Waals surface area contributed by atoms with Gasteiger partial charge in [-0.05, 0) is 18.1 Å². The molecule has 0 aliphatic heterocycles. The van der Waals surface area contributed by atoms with E-state index in [-0.39, 0.29) is 18.6 Å². The number of benzene rings is 1. The van der Waals surface area contributed by atoms with E-state index in [0.717, 1.165) is 30.4 Å². The summed E-state index contributed by atoms with van der Waals surface area (Å²) in [6.07, 6.45) is 3.83. The van der Waals surface area contributed by atoms with E-state index in [0.29, 0.717) is 5.82 Å². The fraction of sp³-hybridized carbons (Fsp3) is 0.333. The first-order valence-corrected chi connectivity index (χ1v) is 8.25. The molecule has 2 aromatic heterocycles. The molecule has 2 heterocycles. The Morgan fingerprint density at radius 2 is 2.00 bits per heavy atom. The van der Waals surface area contributed by atoms with E-state index in [1.807, 2.05) is 30.5 Å². The maximum atomic E-state index is 9.57. The first kappa shape index (κ1) is 16.3. The van der Waals surface area contributed by atoms with Gasteiger partial charge in [0.15, 0.2) is 5.82 Å². The smallest absolute Gasteiger partial charge is 0.222 e. The lowest BCUT2D eigenvalue weighted by Gasteiger charge is -2.18. The number of nitrogens with zero attached hydrogens (tertiary/aromatic N) is 3. The van der Waals surface area contributed by atoms with Gasteiger partial charge in [-0.3, -0.25) is 0 Å². The van der Waals surface area contributed by atoms with Gasteiger partial charge in [0, 0.05) is 12.7 Å². The third kappa shape index (κ3) is 3.49. The summed E-state index contributed by atoms with van der Waals surface area (Å²) in [5.74, 6) is 0.904. The fourth-order valence-electron chi connectivity index (χ4n) is 2.89. The Labute approximate surface area is 141 Å². The van der Waals surface area contributed by atoms with Gasteiger partial charge in [-0.15, -0.1) is 0 Å². The summed E-state index contributed by atoms with van der Waals surface area (Å²) in [6.45, 7) is 2.87. The van der Waals surface area contributed by atoms with Crippen LogP contribution in [0.1, 0.15) is 25.3 Å². The molecule has 3 aromatic rings. The lowest BCUT2D eigenvalue weighted by atomic mass is 10.2. The van der Waals surface area contributed by atoms with Crippen molar-refractivity contribution in [3.63, 3.8) is 0 Å². The number of rotatable bonds is 7. The van der Waals surface area contributed by atoms with Crippen LogP contribution in [0.5, 0.6) is 0 Å². The average molecular weight is 325 g/mol. The summed E-state index contributed by atoms with van der Waals surface area (Å²) < 4.78 is 2.10. The van der Waals surface area contributed by atoms with E-state index in [1.54, 1.807) is 0 Å². The van der Waals surface area contributed by atoms with Gasteiger partial charge < -0.3 is 20.7 Å². The molecular weight excluding hydrogens is 302 g/mol. The minimum Gasteiger partial charge on any atom is -0.394 e. The van der Waals surface area contributed by atoms with Crippen LogP contribution in [0.3, 0.4) is 0 Å². The Morgan fingerprint density at radius 1 is 1.21 bits per heavy atom. The van der Waals surface area contributed by atoms with Crippen LogP contribution in [0.25, 0.3) is 11.0 Å². The third-order valence-electron chi connectivity index (χ3n) is 4.02. The third-order valence-corrected chi connectivity index (χ3v) is 4.02. The summed E-state index contributed by atoms with van der Waals surface area (Å²) in [4.78, 5) is 8.69. The molecule has 0 fully saturated rings. The standard InChI is InChI=1S/C18H23N5O/c1-2-6-14(12-24)20-17-16-15(21-18(19)22-17)9-10-23(16)11-13-7-4-3-5-8-13/h3-5,7-10,14,24H,2,6,11-12H2,1H3,(H3,19,20,21,22). The van der Waals surface area contributed by atoms with Crippen LogP contribution in [-0.4, -0.2) is 32.3 Å². The highest BCUT2D eigenvalue weighted by Crippen LogP contribution is 2.24. The molecule has 0 bridgehead atoms. The highest BCUT2D eigenvalue weighted by atomic mass is 16.3. The van der Waals surface area contributed by atoms with Gasteiger partial charge in [0.2, 0.25) is 5.95 Å². The van der Waals surface area contributed by atoms with Crippen LogP contribution in [-0.2, 0) is 6.54 Å². The van der Waals surface area contributed by atoms with Gasteiger partial charge in [0.1, 0.15) is 5.52 Å². The van der Waals surface area contributed by atoms with Crippen molar-refractivity contribution in [2.75, 3.05) is 17.7 Å². The van der Waals surface area contributed by atoms with Crippen molar-refractivity contribution < 1.29 is 5.11 Å². The Balaban J connectivity index is 1.99. The minimum absolute atomic E-state index is 0.0485. The molecule has 0 aliphatic carbocycles. The van der Waals surface area contributed by atoms with E-state index < -0.39 is 0 Å². The van der Waals surface area contributed by atoms with Gasteiger partial charge in [-0.2, -0.15) is 4.98 Å². The van der Waals surface area contributed by atoms with E-state index in [9.17, 15) is 5.11 Å². The molecule has 6 nitrogen and oxygen atoms in total. The van der Waals surface area contributed by atoms with Crippen molar-refractivity contribution in [2.24, 2.45) is 0 Å². The monoisotopic (exact) mass is 325 g/mol. The van der Waals surface area contributed by atoms with Crippen LogP contribution < -0.4 is 11.1 Å². The van der Waals surface area contributed by atoms with Gasteiger partial charge in [-0.25, -0.2) is 4.98 Å². The molecule has 0 amide bonds. The molecule has 24 heavy (non-hydrogen) atoms. The first-order chi connectivity index (χ1) is 11.7. The number of nitrogen functional groups attached to an aromatic ring is 1. The number of nitrogens with two attached hydrogens (primary N) is 1. The molecular formula is C18H23N5O. The van der Waals surface area contributed by atoms with E-state index in [2.05, 4.69) is 38.9 Å². The normalized spacial score (nSPS) is 12.4. The van der Waals surface area contributed by atoms with Crippen LogP contribution in [0.4, 0.5) is 11.8 Å². The minimum atomic E-state index is -0.0485. The SMILES string of the molecule is CCCC(CO)Nc1nc(N)nc2ccn(Cc3ccccc3)c12. The zero-order valence-corrected chi connectivity index (χ0v) is 13.8. The molecule has 1 aromatic carbocycles. The van der Waals surface area contributed by atoms with Crippen molar-refractivity contribution in [2.45, 2.75) is 32.4 Å². The van der Waals surface area contributed by atoms with Crippen LogP contribution in [0.15, 0.2) is 42.6 Å². The van der Waals surface area contributed by atoms with E-state index >= 15 is 0 Å². The van der Waals surface area contributed by atoms with Crippen molar-refractivity contribution in [3.05, 3.63) is 48.2 Å². The highest BCUT2D eigenvalue weighted by molar-refractivity contribution is 5.87. The van der Waals surface area contributed by atoms with Crippen molar-refractivity contribution in [3.8, 4) is 0 Å². The van der Waals surface area contributed by atoms with E-state index in [1.165, 1.54) is 5.56 Å². The second-order valence-corrected chi connectivity index (χ2v) is 5.91. The zero-order valence-electron chi connectivity index (χ0n) is 13.8. The second-order valence-electron chi connectivity index (χ2n) is 5.91. The summed E-state index contributed by atoms with van der Waals surface area (Å²) in [6, 6.07) is 12.1. The number of hydrogen-bond acceptors (Lipinski definition) is 5. The lowest BCUT2D eigenvalue weighted by molar-refractivity contribution is 0.268. The number of aromatic nitrogens is 3. The van der Waals surface area contributed by atoms with Crippen molar-refractivity contribution in [1.29, 1.82) is 0 Å². The molecule has 3 rings (SSSR count). The molecule has 0 aliphatic rings. The number of aliphatic hydroxyl groups excluding tert-OH is 1. The van der Waals surface area contributed by atoms with Crippen LogP contribution in [0, 0.1) is 0 Å². The topological polar surface area (TPSA) is 89.0 Å². The Hall–Kier alpha value is -2.60. The molecule has 0 saturated heterocycles. The largest absolute Gasteiger partial charge is 0.394 e. The summed E-state index contributed by atoms with van der Waals surface area (Å²) in [7, 11) is 0. The fourth-order valence-corrected chi connectivity index (χ4v) is 2.89. The number of hydrogen-bond donors (Lipinski definition) is 3. The predicted molar refractivity (Wildman–Crippen MR) is 96.9 cm³/mol. The molecule has 0 radical (unpaired) electrons. The molecule has 0 saturated carbocycles. The van der Waals surface area contributed by atoms with Gasteiger partial charge in [0.25, 0.3) is 0 Å². The maximum absolute atomic E-state index is 9.57. The summed E-state index contributed by atoms with van der Waals surface area (Å²) in [5, 5.41) is 12.9. The Morgan fingerprint density at radius 3 is 2.71 bits per heavy atom. The molecule has 6 heteroatoms. The highest BCUT2D eigenvalue weighted by Gasteiger charge is 2.15. The molecule has 1 atom stereocenters. The summed E-state index contributed by atoms with van der Waals surface area (Å²) in [5.41, 5.74) is 8.75. The lowest BCUT2D eigenvalue weighted by Crippen LogP contribution is -2.24. The van der Waals surface area contributed by atoms with Gasteiger partial charge in [-0.1, -0.05) is 43.7 Å².